The maximum atomic E-state index is 5.99. The second-order valence-corrected chi connectivity index (χ2v) is 7.17. The van der Waals surface area contributed by atoms with Crippen molar-refractivity contribution in [3.63, 3.8) is 0 Å². The Balaban J connectivity index is 0.00000280. The van der Waals surface area contributed by atoms with E-state index in [1.807, 2.05) is 24.3 Å². The molecule has 3 aromatic rings. The number of nitrogens with zero attached hydrogens (tertiary/aromatic N) is 4. The first kappa shape index (κ1) is 28.4. The van der Waals surface area contributed by atoms with Crippen LogP contribution < -0.4 is 10.6 Å². The smallest absolute Gasteiger partial charge is 0.199 e. The van der Waals surface area contributed by atoms with E-state index in [1.54, 1.807) is 12.3 Å². The summed E-state index contributed by atoms with van der Waals surface area (Å²) >= 11 is 5.99. The van der Waals surface area contributed by atoms with E-state index in [0.717, 1.165) is 24.5 Å². The highest BCUT2D eigenvalue weighted by molar-refractivity contribution is 6.30. The SMILES string of the molecule is CC(C)CCNCC(Nc1ccc(Cl)cc1)c1nc(-c2ccncn2)n[nH]1.Cl.Cl.Cl. The van der Waals surface area contributed by atoms with Crippen molar-refractivity contribution in [2.75, 3.05) is 18.4 Å². The summed E-state index contributed by atoms with van der Waals surface area (Å²) < 4.78 is 0. The van der Waals surface area contributed by atoms with E-state index in [9.17, 15) is 0 Å². The summed E-state index contributed by atoms with van der Waals surface area (Å²) in [6.07, 6.45) is 4.29. The Kier molecular flexibility index (Phi) is 13.6. The van der Waals surface area contributed by atoms with Gasteiger partial charge in [0.2, 0.25) is 0 Å². The predicted molar refractivity (Wildman–Crippen MR) is 129 cm³/mol. The Bertz CT molecular complexity index is 828. The molecule has 0 fully saturated rings. The predicted octanol–water partition coefficient (Wildman–Crippen LogP) is 4.97. The average Bonchev–Trinajstić information content (AvgIpc) is 3.16. The van der Waals surface area contributed by atoms with Crippen LogP contribution in [0, 0.1) is 5.92 Å². The third kappa shape index (κ3) is 8.62. The lowest BCUT2D eigenvalue weighted by atomic mass is 10.1. The molecule has 0 aliphatic heterocycles. The summed E-state index contributed by atoms with van der Waals surface area (Å²) in [6.45, 7) is 6.10. The lowest BCUT2D eigenvalue weighted by molar-refractivity contribution is 0.519. The fourth-order valence-electron chi connectivity index (χ4n) is 2.57. The molecule has 2 heterocycles. The Labute approximate surface area is 200 Å². The molecule has 1 unspecified atom stereocenters. The summed E-state index contributed by atoms with van der Waals surface area (Å²) in [7, 11) is 0. The van der Waals surface area contributed by atoms with Crippen LogP contribution in [0.15, 0.2) is 42.9 Å². The lowest BCUT2D eigenvalue weighted by Gasteiger charge is -2.19. The van der Waals surface area contributed by atoms with Crippen LogP contribution in [0.2, 0.25) is 5.02 Å². The molecule has 7 nitrogen and oxygen atoms in total. The summed E-state index contributed by atoms with van der Waals surface area (Å²) in [4.78, 5) is 12.8. The van der Waals surface area contributed by atoms with Crippen LogP contribution in [0.1, 0.15) is 32.1 Å². The standard InChI is InChI=1S/C19H24ClN7.3ClH/c1-13(2)7-9-21-11-17(24-15-5-3-14(20)4-6-15)19-25-18(26-27-19)16-8-10-22-12-23-16;;;/h3-6,8,10,12-13,17,21,24H,7,9,11H2,1-2H3,(H,25,26,27);3*1H. The maximum absolute atomic E-state index is 5.99. The third-order valence-electron chi connectivity index (χ3n) is 4.08. The number of halogens is 4. The van der Waals surface area contributed by atoms with Crippen LogP contribution in [-0.2, 0) is 0 Å². The fraction of sp³-hybridized carbons (Fsp3) is 0.368. The molecule has 0 radical (unpaired) electrons. The van der Waals surface area contributed by atoms with E-state index in [2.05, 4.69) is 49.6 Å². The summed E-state index contributed by atoms with van der Waals surface area (Å²) in [6, 6.07) is 9.34. The molecule has 3 rings (SSSR count). The highest BCUT2D eigenvalue weighted by atomic mass is 35.5. The van der Waals surface area contributed by atoms with Gasteiger partial charge in [-0.1, -0.05) is 25.4 Å². The van der Waals surface area contributed by atoms with Crippen LogP contribution in [0.3, 0.4) is 0 Å². The van der Waals surface area contributed by atoms with Gasteiger partial charge in [-0.05, 0) is 49.2 Å². The van der Waals surface area contributed by atoms with Crippen LogP contribution in [-0.4, -0.2) is 38.2 Å². The number of benzene rings is 1. The van der Waals surface area contributed by atoms with Crippen molar-refractivity contribution in [1.82, 2.24) is 30.5 Å². The molecular weight excluding hydrogens is 468 g/mol. The van der Waals surface area contributed by atoms with Crippen molar-refractivity contribution in [2.45, 2.75) is 26.3 Å². The van der Waals surface area contributed by atoms with Gasteiger partial charge >= 0.3 is 0 Å². The summed E-state index contributed by atoms with van der Waals surface area (Å²) in [5, 5.41) is 15.0. The van der Waals surface area contributed by atoms with E-state index in [1.165, 1.54) is 6.33 Å². The average molecular weight is 495 g/mol. The number of hydrogen-bond donors (Lipinski definition) is 3. The van der Waals surface area contributed by atoms with Crippen molar-refractivity contribution in [1.29, 1.82) is 0 Å². The van der Waals surface area contributed by atoms with Gasteiger partial charge in [0, 0.05) is 23.5 Å². The molecule has 166 valence electrons. The molecule has 0 aliphatic rings. The maximum Gasteiger partial charge on any atom is 0.199 e. The summed E-state index contributed by atoms with van der Waals surface area (Å²) in [5.74, 6) is 1.96. The van der Waals surface area contributed by atoms with Crippen molar-refractivity contribution in [3.05, 3.63) is 53.7 Å². The van der Waals surface area contributed by atoms with Crippen molar-refractivity contribution in [3.8, 4) is 11.5 Å². The third-order valence-corrected chi connectivity index (χ3v) is 4.33. The molecule has 3 N–H and O–H groups in total. The molecule has 0 bridgehead atoms. The summed E-state index contributed by atoms with van der Waals surface area (Å²) in [5.41, 5.74) is 1.65. The fourth-order valence-corrected chi connectivity index (χ4v) is 2.69. The Morgan fingerprint density at radius 2 is 1.80 bits per heavy atom. The van der Waals surface area contributed by atoms with E-state index in [-0.39, 0.29) is 43.3 Å². The second-order valence-electron chi connectivity index (χ2n) is 6.73. The minimum Gasteiger partial charge on any atom is -0.374 e. The van der Waals surface area contributed by atoms with Crippen LogP contribution in [0.5, 0.6) is 0 Å². The van der Waals surface area contributed by atoms with Gasteiger partial charge in [-0.3, -0.25) is 5.10 Å². The highest BCUT2D eigenvalue weighted by Crippen LogP contribution is 2.20. The normalized spacial score (nSPS) is 11.1. The van der Waals surface area contributed by atoms with E-state index < -0.39 is 0 Å². The van der Waals surface area contributed by atoms with Gasteiger partial charge in [-0.25, -0.2) is 15.0 Å². The quantitative estimate of drug-likeness (QED) is 0.364. The minimum absolute atomic E-state index is 0. The first-order valence-corrected chi connectivity index (χ1v) is 9.41. The molecule has 0 amide bonds. The van der Waals surface area contributed by atoms with Crippen LogP contribution >= 0.6 is 48.8 Å². The molecule has 1 atom stereocenters. The van der Waals surface area contributed by atoms with Crippen molar-refractivity contribution in [2.24, 2.45) is 5.92 Å². The minimum atomic E-state index is -0.0681. The second kappa shape index (κ2) is 14.4. The number of hydrogen-bond acceptors (Lipinski definition) is 6. The molecule has 0 saturated heterocycles. The molecular formula is C19H27Cl4N7. The monoisotopic (exact) mass is 493 g/mol. The topological polar surface area (TPSA) is 91.4 Å². The number of H-pyrrole nitrogens is 1. The zero-order chi connectivity index (χ0) is 19.1. The first-order valence-electron chi connectivity index (χ1n) is 9.03. The number of nitrogens with one attached hydrogen (secondary N) is 3. The molecule has 2 aromatic heterocycles. The lowest BCUT2D eigenvalue weighted by Crippen LogP contribution is -2.28. The van der Waals surface area contributed by atoms with Gasteiger partial charge in [0.05, 0.1) is 6.04 Å². The Hall–Kier alpha value is -1.64. The van der Waals surface area contributed by atoms with E-state index in [0.29, 0.717) is 29.0 Å². The van der Waals surface area contributed by atoms with Crippen molar-refractivity contribution < 1.29 is 0 Å². The van der Waals surface area contributed by atoms with Crippen LogP contribution in [0.4, 0.5) is 5.69 Å². The highest BCUT2D eigenvalue weighted by Gasteiger charge is 2.17. The van der Waals surface area contributed by atoms with Gasteiger partial charge < -0.3 is 10.6 Å². The molecule has 0 spiro atoms. The zero-order valence-electron chi connectivity index (χ0n) is 16.7. The zero-order valence-corrected chi connectivity index (χ0v) is 19.9. The van der Waals surface area contributed by atoms with E-state index >= 15 is 0 Å². The van der Waals surface area contributed by atoms with Gasteiger partial charge in [0.25, 0.3) is 0 Å². The largest absolute Gasteiger partial charge is 0.374 e. The number of rotatable bonds is 9. The first-order chi connectivity index (χ1) is 13.1. The van der Waals surface area contributed by atoms with Gasteiger partial charge in [-0.15, -0.1) is 37.2 Å². The molecule has 0 aliphatic carbocycles. The van der Waals surface area contributed by atoms with Gasteiger partial charge in [0.15, 0.2) is 5.82 Å². The molecule has 1 aromatic carbocycles. The van der Waals surface area contributed by atoms with E-state index in [4.69, 9.17) is 11.6 Å². The Morgan fingerprint density at radius 3 is 2.43 bits per heavy atom. The Morgan fingerprint density at radius 1 is 1.07 bits per heavy atom. The molecule has 0 saturated carbocycles. The number of aromatic nitrogens is 5. The van der Waals surface area contributed by atoms with Gasteiger partial charge in [0.1, 0.15) is 17.8 Å². The molecule has 30 heavy (non-hydrogen) atoms. The molecule has 11 heteroatoms. The van der Waals surface area contributed by atoms with Crippen LogP contribution in [0.25, 0.3) is 11.5 Å². The number of anilines is 1. The van der Waals surface area contributed by atoms with Crippen molar-refractivity contribution >= 4 is 54.5 Å². The van der Waals surface area contributed by atoms with Gasteiger partial charge in [-0.2, -0.15) is 5.10 Å². The number of aromatic amines is 1.